The van der Waals surface area contributed by atoms with Crippen LogP contribution in [0.15, 0.2) is 133 Å². The molecule has 220 valence electrons. The molecule has 8 heteroatoms. The molecule has 8 aromatic rings. The van der Waals surface area contributed by atoms with Crippen LogP contribution >= 0.6 is 7.81 Å². The molecule has 0 N–H and O–H groups in total. The Morgan fingerprint density at radius 3 is 1.07 bits per heavy atom. The number of benzene rings is 8. The minimum Gasteiger partial charge on any atom is -0.0616 e. The van der Waals surface area contributed by atoms with Gasteiger partial charge in [-0.3, -0.25) is 0 Å². The summed E-state index contributed by atoms with van der Waals surface area (Å²) in [7, 11) is -10.7. The molecule has 0 radical (unpaired) electrons. The van der Waals surface area contributed by atoms with Crippen LogP contribution in [-0.2, 0) is 0 Å². The average Bonchev–Trinajstić information content (AvgIpc) is 2.97. The van der Waals surface area contributed by atoms with Gasteiger partial charge in [0.05, 0.1) is 0 Å². The standard InChI is InChI=1S/C36H22I.F6P/c1-3-9-25-21-33-27(19-23(25)7-1)15-17-31-29(33)11-5-13-35(31)37-36-14-6-12-30-32(36)18-16-28-20-24-8-2-4-10-26(24)22-34(28)30;1-7(2,3,4,5)6/h1-22H;/q+1;-1. The van der Waals surface area contributed by atoms with Crippen LogP contribution in [0, 0.1) is 7.14 Å². The molecule has 0 aliphatic rings. The smallest absolute Gasteiger partial charge is 0.0616 e. The van der Waals surface area contributed by atoms with Gasteiger partial charge in [0, 0.05) is 10.8 Å². The molecule has 0 fully saturated rings. The first-order chi connectivity index (χ1) is 20.8. The number of halogens is 7. The summed E-state index contributed by atoms with van der Waals surface area (Å²) in [6, 6.07) is 49.8. The van der Waals surface area contributed by atoms with Gasteiger partial charge in [-0.05, 0) is 102 Å². The van der Waals surface area contributed by atoms with E-state index in [0.29, 0.717) is 0 Å². The molecular weight excluding hydrogens is 704 g/mol. The number of hydrogen-bond acceptors (Lipinski definition) is 0. The van der Waals surface area contributed by atoms with Crippen molar-refractivity contribution in [2.24, 2.45) is 0 Å². The van der Waals surface area contributed by atoms with Crippen molar-refractivity contribution in [2.75, 3.05) is 0 Å². The summed E-state index contributed by atoms with van der Waals surface area (Å²) in [6.45, 7) is 0. The van der Waals surface area contributed by atoms with E-state index < -0.39 is 7.81 Å². The molecule has 0 spiro atoms. The third kappa shape index (κ3) is 6.17. The van der Waals surface area contributed by atoms with Crippen molar-refractivity contribution < 1.29 is 46.4 Å². The van der Waals surface area contributed by atoms with Gasteiger partial charge in [-0.15, -0.1) is 0 Å². The van der Waals surface area contributed by atoms with Crippen molar-refractivity contribution in [1.82, 2.24) is 0 Å². The zero-order valence-corrected chi connectivity index (χ0v) is 25.8. The van der Waals surface area contributed by atoms with Crippen LogP contribution in [-0.4, -0.2) is 0 Å². The second-order valence-corrected chi connectivity index (χ2v) is 15.5. The van der Waals surface area contributed by atoms with E-state index in [1.807, 2.05) is 0 Å². The number of rotatable bonds is 2. The zero-order valence-electron chi connectivity index (χ0n) is 22.8. The summed E-state index contributed by atoms with van der Waals surface area (Å²) in [5, 5.41) is 16.0. The summed E-state index contributed by atoms with van der Waals surface area (Å²) in [4.78, 5) is 0. The van der Waals surface area contributed by atoms with Gasteiger partial charge >= 0.3 is 54.2 Å². The Morgan fingerprint density at radius 1 is 0.318 bits per heavy atom. The number of fused-ring (bicyclic) bond motifs is 8. The molecule has 0 aliphatic carbocycles. The maximum Gasteiger partial charge on any atom is 0.359 e. The summed E-state index contributed by atoms with van der Waals surface area (Å²) in [5.74, 6) is 0. The van der Waals surface area contributed by atoms with Gasteiger partial charge in [-0.25, -0.2) is 0 Å². The SMILES string of the molecule is F[P-](F)(F)(F)(F)F.c1ccc2cc3c(ccc4c([I+]c5cccc6c5ccc5cc7ccccc7cc56)cccc43)cc2c1. The first-order valence-corrected chi connectivity index (χ1v) is 17.9. The molecule has 0 heterocycles. The first-order valence-electron chi connectivity index (χ1n) is 13.7. The Morgan fingerprint density at radius 2 is 0.682 bits per heavy atom. The molecule has 0 saturated carbocycles. The van der Waals surface area contributed by atoms with Gasteiger partial charge in [-0.1, -0.05) is 84.9 Å². The van der Waals surface area contributed by atoms with Crippen molar-refractivity contribution in [3.63, 3.8) is 0 Å². The molecule has 0 atom stereocenters. The Bertz CT molecular complexity index is 2250. The maximum atomic E-state index is 9.87. The normalized spacial score (nSPS) is 13.7. The summed E-state index contributed by atoms with van der Waals surface area (Å²) in [5.41, 5.74) is 0. The topological polar surface area (TPSA) is 0 Å². The number of hydrogen-bond donors (Lipinski definition) is 0. The van der Waals surface area contributed by atoms with Crippen LogP contribution in [0.4, 0.5) is 25.2 Å². The predicted molar refractivity (Wildman–Crippen MR) is 169 cm³/mol. The van der Waals surface area contributed by atoms with Crippen molar-refractivity contribution in [3.8, 4) is 0 Å². The van der Waals surface area contributed by atoms with E-state index in [1.165, 1.54) is 71.8 Å². The third-order valence-corrected chi connectivity index (χ3v) is 10.6. The second-order valence-electron chi connectivity index (χ2n) is 10.7. The van der Waals surface area contributed by atoms with E-state index in [2.05, 4.69) is 133 Å². The second kappa shape index (κ2) is 9.78. The minimum atomic E-state index is -10.7. The van der Waals surface area contributed by atoms with Gasteiger partial charge in [0.1, 0.15) is 0 Å². The van der Waals surface area contributed by atoms with Crippen molar-refractivity contribution in [2.45, 2.75) is 0 Å². The maximum absolute atomic E-state index is 10.7. The summed E-state index contributed by atoms with van der Waals surface area (Å²) < 4.78 is 62.2. The Balaban J connectivity index is 0.000000403. The van der Waals surface area contributed by atoms with E-state index in [9.17, 15) is 25.2 Å². The van der Waals surface area contributed by atoms with E-state index >= 15 is 0 Å². The van der Waals surface area contributed by atoms with Gasteiger partial charge in [0.15, 0.2) is 0 Å². The predicted octanol–water partition coefficient (Wildman–Crippen LogP) is 10.1. The van der Waals surface area contributed by atoms with Crippen molar-refractivity contribution in [1.29, 1.82) is 0 Å². The molecule has 0 aromatic heterocycles. The van der Waals surface area contributed by atoms with Crippen LogP contribution in [0.25, 0.3) is 64.6 Å². The molecule has 0 amide bonds. The first kappa shape index (κ1) is 28.8. The fraction of sp³-hybridized carbons (Fsp3) is 0. The largest absolute Gasteiger partial charge is 0.359 e. The van der Waals surface area contributed by atoms with E-state index in [1.54, 1.807) is 0 Å². The summed E-state index contributed by atoms with van der Waals surface area (Å²) in [6.07, 6.45) is 0. The Labute approximate surface area is 258 Å². The van der Waals surface area contributed by atoms with E-state index in [-0.39, 0.29) is 21.2 Å². The molecule has 8 rings (SSSR count). The van der Waals surface area contributed by atoms with E-state index in [0.717, 1.165) is 0 Å². The molecule has 0 saturated heterocycles. The molecule has 44 heavy (non-hydrogen) atoms. The van der Waals surface area contributed by atoms with Crippen LogP contribution in [0.5, 0.6) is 0 Å². The fourth-order valence-corrected chi connectivity index (χ4v) is 8.68. The van der Waals surface area contributed by atoms with Crippen LogP contribution in [0.1, 0.15) is 0 Å². The van der Waals surface area contributed by atoms with Crippen molar-refractivity contribution in [3.05, 3.63) is 141 Å². The minimum absolute atomic E-state index is 0.359. The average molecular weight is 726 g/mol. The van der Waals surface area contributed by atoms with Crippen molar-refractivity contribution >= 4 is 72.4 Å². The van der Waals surface area contributed by atoms with Crippen LogP contribution in [0.3, 0.4) is 0 Å². The van der Waals surface area contributed by atoms with Crippen LogP contribution in [0.2, 0.25) is 0 Å². The fourth-order valence-electron chi connectivity index (χ4n) is 5.76. The van der Waals surface area contributed by atoms with E-state index in [4.69, 9.17) is 0 Å². The van der Waals surface area contributed by atoms with Gasteiger partial charge in [-0.2, -0.15) is 0 Å². The van der Waals surface area contributed by atoms with Crippen LogP contribution < -0.4 is 21.2 Å². The third-order valence-electron chi connectivity index (χ3n) is 7.58. The molecule has 8 aromatic carbocycles. The van der Waals surface area contributed by atoms with Gasteiger partial charge in [0.2, 0.25) is 7.14 Å². The Kier molecular flexibility index (Phi) is 6.40. The summed E-state index contributed by atoms with van der Waals surface area (Å²) >= 11 is -0.359. The van der Waals surface area contributed by atoms with Gasteiger partial charge in [0.25, 0.3) is 0 Å². The zero-order chi connectivity index (χ0) is 30.8. The molecule has 0 bridgehead atoms. The molecule has 0 nitrogen and oxygen atoms in total. The monoisotopic (exact) mass is 726 g/mol. The molecular formula is C36H22F6IP. The Hall–Kier alpha value is -3.94. The molecule has 0 aliphatic heterocycles. The quantitative estimate of drug-likeness (QED) is 0.0547. The van der Waals surface area contributed by atoms with Gasteiger partial charge < -0.3 is 0 Å². The molecule has 0 unspecified atom stereocenters.